The highest BCUT2D eigenvalue weighted by atomic mass is 15.3. The molecule has 0 radical (unpaired) electrons. The van der Waals surface area contributed by atoms with Crippen molar-refractivity contribution in [2.24, 2.45) is 0 Å². The van der Waals surface area contributed by atoms with Gasteiger partial charge in [-0.3, -0.25) is 4.98 Å². The Morgan fingerprint density at radius 2 is 1.81 bits per heavy atom. The van der Waals surface area contributed by atoms with Gasteiger partial charge >= 0.3 is 0 Å². The van der Waals surface area contributed by atoms with Crippen molar-refractivity contribution in [3.8, 4) is 5.69 Å². The summed E-state index contributed by atoms with van der Waals surface area (Å²) in [5.74, 6) is 0. The SMILES string of the molecule is Cc1ccc(NCc2ccn(-c3ccccc3)n2)c(C)n1. The van der Waals surface area contributed by atoms with Crippen LogP contribution in [0.3, 0.4) is 0 Å². The zero-order valence-corrected chi connectivity index (χ0v) is 12.2. The fourth-order valence-corrected chi connectivity index (χ4v) is 2.24. The molecular weight excluding hydrogens is 260 g/mol. The first-order valence-corrected chi connectivity index (χ1v) is 7.00. The number of pyridine rings is 1. The summed E-state index contributed by atoms with van der Waals surface area (Å²) in [4.78, 5) is 4.45. The number of rotatable bonds is 4. The zero-order chi connectivity index (χ0) is 14.7. The third-order valence-electron chi connectivity index (χ3n) is 3.35. The monoisotopic (exact) mass is 278 g/mol. The standard InChI is InChI=1S/C17H18N4/c1-13-8-9-17(14(2)19-13)18-12-15-10-11-21(20-15)16-6-4-3-5-7-16/h3-11,18H,12H2,1-2H3. The minimum absolute atomic E-state index is 0.686. The van der Waals surface area contributed by atoms with Crippen LogP contribution in [0.25, 0.3) is 5.69 Å². The summed E-state index contributed by atoms with van der Waals surface area (Å²) in [5.41, 5.74) is 5.16. The van der Waals surface area contributed by atoms with E-state index in [9.17, 15) is 0 Å². The Labute approximate surface area is 124 Å². The normalized spacial score (nSPS) is 10.6. The van der Waals surface area contributed by atoms with Crippen molar-refractivity contribution in [2.75, 3.05) is 5.32 Å². The predicted molar refractivity (Wildman–Crippen MR) is 84.6 cm³/mol. The van der Waals surface area contributed by atoms with Gasteiger partial charge in [0.05, 0.1) is 29.3 Å². The molecule has 0 aliphatic carbocycles. The van der Waals surface area contributed by atoms with Gasteiger partial charge in [0.15, 0.2) is 0 Å². The smallest absolute Gasteiger partial charge is 0.0819 e. The van der Waals surface area contributed by atoms with Crippen molar-refractivity contribution in [1.29, 1.82) is 0 Å². The molecule has 1 N–H and O–H groups in total. The Hall–Kier alpha value is -2.62. The molecule has 0 amide bonds. The second-order valence-corrected chi connectivity index (χ2v) is 5.03. The van der Waals surface area contributed by atoms with Gasteiger partial charge in [-0.1, -0.05) is 18.2 Å². The van der Waals surface area contributed by atoms with Crippen LogP contribution in [-0.4, -0.2) is 14.8 Å². The van der Waals surface area contributed by atoms with Crippen LogP contribution in [0.15, 0.2) is 54.7 Å². The van der Waals surface area contributed by atoms with Gasteiger partial charge in [0.1, 0.15) is 0 Å². The van der Waals surface area contributed by atoms with Crippen LogP contribution in [0, 0.1) is 13.8 Å². The molecule has 3 aromatic rings. The molecule has 4 nitrogen and oxygen atoms in total. The van der Waals surface area contributed by atoms with Crippen molar-refractivity contribution in [2.45, 2.75) is 20.4 Å². The molecule has 0 fully saturated rings. The van der Waals surface area contributed by atoms with E-state index in [1.807, 2.05) is 67.2 Å². The molecule has 0 spiro atoms. The van der Waals surface area contributed by atoms with Gasteiger partial charge < -0.3 is 5.32 Å². The van der Waals surface area contributed by atoms with Gasteiger partial charge in [-0.25, -0.2) is 4.68 Å². The zero-order valence-electron chi connectivity index (χ0n) is 12.2. The quantitative estimate of drug-likeness (QED) is 0.794. The number of aromatic nitrogens is 3. The van der Waals surface area contributed by atoms with Crippen LogP contribution in [0.1, 0.15) is 17.1 Å². The van der Waals surface area contributed by atoms with Crippen molar-refractivity contribution in [3.63, 3.8) is 0 Å². The molecule has 3 rings (SSSR count). The lowest BCUT2D eigenvalue weighted by atomic mass is 10.2. The number of nitrogens with zero attached hydrogens (tertiary/aromatic N) is 3. The molecule has 2 aromatic heterocycles. The number of nitrogens with one attached hydrogen (secondary N) is 1. The van der Waals surface area contributed by atoms with E-state index in [2.05, 4.69) is 21.5 Å². The third kappa shape index (κ3) is 3.11. The van der Waals surface area contributed by atoms with E-state index >= 15 is 0 Å². The lowest BCUT2D eigenvalue weighted by Crippen LogP contribution is -2.04. The second kappa shape index (κ2) is 5.79. The van der Waals surface area contributed by atoms with Crippen molar-refractivity contribution < 1.29 is 0 Å². The summed E-state index contributed by atoms with van der Waals surface area (Å²) in [7, 11) is 0. The lowest BCUT2D eigenvalue weighted by Gasteiger charge is -2.08. The van der Waals surface area contributed by atoms with Crippen LogP contribution in [-0.2, 0) is 6.54 Å². The average molecular weight is 278 g/mol. The van der Waals surface area contributed by atoms with Crippen LogP contribution >= 0.6 is 0 Å². The molecule has 0 atom stereocenters. The highest BCUT2D eigenvalue weighted by Crippen LogP contribution is 2.14. The molecule has 0 bridgehead atoms. The number of hydrogen-bond donors (Lipinski definition) is 1. The van der Waals surface area contributed by atoms with Gasteiger partial charge in [0.2, 0.25) is 0 Å². The topological polar surface area (TPSA) is 42.7 Å². The summed E-state index contributed by atoms with van der Waals surface area (Å²) in [5, 5.41) is 7.96. The maximum Gasteiger partial charge on any atom is 0.0819 e. The number of anilines is 1. The molecule has 1 aromatic carbocycles. The van der Waals surface area contributed by atoms with Crippen LogP contribution in [0.5, 0.6) is 0 Å². The maximum atomic E-state index is 4.58. The van der Waals surface area contributed by atoms with E-state index < -0.39 is 0 Å². The van der Waals surface area contributed by atoms with E-state index in [1.165, 1.54) is 0 Å². The molecule has 2 heterocycles. The Balaban J connectivity index is 1.70. The van der Waals surface area contributed by atoms with E-state index in [0.29, 0.717) is 6.54 Å². The fraction of sp³-hybridized carbons (Fsp3) is 0.176. The number of aryl methyl sites for hydroxylation is 2. The first kappa shape index (κ1) is 13.4. The van der Waals surface area contributed by atoms with Gasteiger partial charge in [-0.2, -0.15) is 5.10 Å². The maximum absolute atomic E-state index is 4.58. The van der Waals surface area contributed by atoms with Gasteiger partial charge in [0, 0.05) is 11.9 Å². The largest absolute Gasteiger partial charge is 0.378 e. The third-order valence-corrected chi connectivity index (χ3v) is 3.35. The minimum atomic E-state index is 0.686. The molecule has 0 unspecified atom stereocenters. The molecule has 0 saturated carbocycles. The lowest BCUT2D eigenvalue weighted by molar-refractivity contribution is 0.843. The average Bonchev–Trinajstić information content (AvgIpc) is 2.96. The first-order valence-electron chi connectivity index (χ1n) is 7.00. The number of hydrogen-bond acceptors (Lipinski definition) is 3. The summed E-state index contributed by atoms with van der Waals surface area (Å²) >= 11 is 0. The van der Waals surface area contributed by atoms with E-state index in [1.54, 1.807) is 0 Å². The van der Waals surface area contributed by atoms with Crippen LogP contribution in [0.4, 0.5) is 5.69 Å². The Bertz CT molecular complexity index is 732. The Morgan fingerprint density at radius 3 is 2.57 bits per heavy atom. The highest BCUT2D eigenvalue weighted by molar-refractivity contribution is 5.47. The summed E-state index contributed by atoms with van der Waals surface area (Å²) in [6.45, 7) is 4.70. The molecule has 0 aliphatic rings. The van der Waals surface area contributed by atoms with Crippen molar-refractivity contribution >= 4 is 5.69 Å². The minimum Gasteiger partial charge on any atom is -0.378 e. The second-order valence-electron chi connectivity index (χ2n) is 5.03. The van der Waals surface area contributed by atoms with Gasteiger partial charge in [-0.05, 0) is 44.2 Å². The van der Waals surface area contributed by atoms with Gasteiger partial charge in [-0.15, -0.1) is 0 Å². The predicted octanol–water partition coefficient (Wildman–Crippen LogP) is 3.50. The number of benzene rings is 1. The van der Waals surface area contributed by atoms with Crippen molar-refractivity contribution in [1.82, 2.24) is 14.8 Å². The first-order chi connectivity index (χ1) is 10.2. The van der Waals surface area contributed by atoms with E-state index in [-0.39, 0.29) is 0 Å². The molecule has 4 heteroatoms. The van der Waals surface area contributed by atoms with Crippen LogP contribution in [0.2, 0.25) is 0 Å². The molecule has 0 aliphatic heterocycles. The van der Waals surface area contributed by atoms with E-state index in [0.717, 1.165) is 28.5 Å². The van der Waals surface area contributed by atoms with Crippen LogP contribution < -0.4 is 5.32 Å². The highest BCUT2D eigenvalue weighted by Gasteiger charge is 2.03. The number of para-hydroxylation sites is 1. The molecule has 0 saturated heterocycles. The summed E-state index contributed by atoms with van der Waals surface area (Å²) in [6.07, 6.45) is 1.98. The van der Waals surface area contributed by atoms with Crippen molar-refractivity contribution in [3.05, 3.63) is 71.8 Å². The summed E-state index contributed by atoms with van der Waals surface area (Å²) < 4.78 is 1.89. The summed E-state index contributed by atoms with van der Waals surface area (Å²) in [6, 6.07) is 16.2. The Morgan fingerprint density at radius 1 is 1.00 bits per heavy atom. The van der Waals surface area contributed by atoms with Gasteiger partial charge in [0.25, 0.3) is 0 Å². The molecule has 106 valence electrons. The Kier molecular flexibility index (Phi) is 3.69. The molecule has 21 heavy (non-hydrogen) atoms. The fourth-order valence-electron chi connectivity index (χ4n) is 2.24. The molecular formula is C17H18N4. The van der Waals surface area contributed by atoms with E-state index in [4.69, 9.17) is 0 Å².